The maximum Gasteiger partial charge on any atom is 0.258 e. The predicted octanol–water partition coefficient (Wildman–Crippen LogP) is 4.63. The van der Waals surface area contributed by atoms with Crippen molar-refractivity contribution in [1.29, 1.82) is 0 Å². The molecule has 1 amide bonds. The van der Waals surface area contributed by atoms with E-state index in [0.717, 1.165) is 30.3 Å². The quantitative estimate of drug-likeness (QED) is 0.695. The number of nitrogens with zero attached hydrogens (tertiary/aromatic N) is 3. The standard InChI is InChI=1S/C24H26N4O/c1-18-6-5-13-28(16-18)17-19-9-11-22(12-10-19)27-24(29)21-14-25-23(26-15-21)20-7-3-2-4-8-20/h2-4,7-12,14-15,18H,5-6,13,16-17H2,1H3,(H,27,29). The lowest BCUT2D eigenvalue weighted by Gasteiger charge is -2.30. The van der Waals surface area contributed by atoms with Gasteiger partial charge in [-0.15, -0.1) is 0 Å². The van der Waals surface area contributed by atoms with Crippen molar-refractivity contribution in [3.63, 3.8) is 0 Å². The second-order valence-electron chi connectivity index (χ2n) is 7.79. The van der Waals surface area contributed by atoms with Crippen molar-refractivity contribution in [2.45, 2.75) is 26.3 Å². The number of piperidine rings is 1. The SMILES string of the molecule is CC1CCCN(Cc2ccc(NC(=O)c3cnc(-c4ccccc4)nc3)cc2)C1. The summed E-state index contributed by atoms with van der Waals surface area (Å²) in [6.07, 6.45) is 5.74. The van der Waals surface area contributed by atoms with Crippen LogP contribution in [0.4, 0.5) is 5.69 Å². The Morgan fingerprint density at radius 2 is 1.79 bits per heavy atom. The van der Waals surface area contributed by atoms with Gasteiger partial charge in [0, 0.05) is 36.7 Å². The van der Waals surface area contributed by atoms with Crippen LogP contribution < -0.4 is 5.32 Å². The zero-order valence-corrected chi connectivity index (χ0v) is 16.7. The first-order valence-corrected chi connectivity index (χ1v) is 10.2. The lowest BCUT2D eigenvalue weighted by atomic mass is 10.00. The number of nitrogens with one attached hydrogen (secondary N) is 1. The van der Waals surface area contributed by atoms with Crippen molar-refractivity contribution >= 4 is 11.6 Å². The maximum absolute atomic E-state index is 12.5. The summed E-state index contributed by atoms with van der Waals surface area (Å²) in [6.45, 7) is 5.62. The molecule has 4 rings (SSSR count). The van der Waals surface area contributed by atoms with Crippen LogP contribution in [-0.2, 0) is 6.54 Å². The molecule has 29 heavy (non-hydrogen) atoms. The number of hydrogen-bond acceptors (Lipinski definition) is 4. The van der Waals surface area contributed by atoms with Gasteiger partial charge in [0.25, 0.3) is 5.91 Å². The van der Waals surface area contributed by atoms with E-state index in [-0.39, 0.29) is 5.91 Å². The first-order chi connectivity index (χ1) is 14.2. The van der Waals surface area contributed by atoms with E-state index in [9.17, 15) is 4.79 Å². The molecule has 0 saturated carbocycles. The van der Waals surface area contributed by atoms with Gasteiger partial charge in [-0.2, -0.15) is 0 Å². The fourth-order valence-corrected chi connectivity index (χ4v) is 3.77. The topological polar surface area (TPSA) is 58.1 Å². The molecule has 0 bridgehead atoms. The summed E-state index contributed by atoms with van der Waals surface area (Å²) in [5, 5.41) is 2.92. The molecule has 2 aromatic carbocycles. The van der Waals surface area contributed by atoms with E-state index in [1.54, 1.807) is 12.4 Å². The predicted molar refractivity (Wildman–Crippen MR) is 116 cm³/mol. The molecule has 0 radical (unpaired) electrons. The normalized spacial score (nSPS) is 17.1. The number of likely N-dealkylation sites (tertiary alicyclic amines) is 1. The average molecular weight is 386 g/mol. The molecule has 1 atom stereocenters. The molecule has 1 saturated heterocycles. The highest BCUT2D eigenvalue weighted by molar-refractivity contribution is 6.03. The Hall–Kier alpha value is -3.05. The molecule has 1 aromatic heterocycles. The van der Waals surface area contributed by atoms with Crippen LogP contribution in [0, 0.1) is 5.92 Å². The van der Waals surface area contributed by atoms with E-state index in [2.05, 4.69) is 39.2 Å². The summed E-state index contributed by atoms with van der Waals surface area (Å²) in [7, 11) is 0. The molecule has 1 N–H and O–H groups in total. The minimum absolute atomic E-state index is 0.206. The summed E-state index contributed by atoms with van der Waals surface area (Å²) >= 11 is 0. The van der Waals surface area contributed by atoms with Crippen LogP contribution in [0.15, 0.2) is 67.0 Å². The van der Waals surface area contributed by atoms with Crippen LogP contribution in [0.1, 0.15) is 35.7 Å². The smallest absolute Gasteiger partial charge is 0.258 e. The van der Waals surface area contributed by atoms with Gasteiger partial charge in [0.2, 0.25) is 0 Å². The molecule has 0 aliphatic carbocycles. The van der Waals surface area contributed by atoms with Crippen LogP contribution in [0.2, 0.25) is 0 Å². The number of rotatable bonds is 5. The lowest BCUT2D eigenvalue weighted by Crippen LogP contribution is -2.33. The van der Waals surface area contributed by atoms with Crippen molar-refractivity contribution in [2.24, 2.45) is 5.92 Å². The van der Waals surface area contributed by atoms with Crippen LogP contribution in [0.5, 0.6) is 0 Å². The number of amides is 1. The zero-order chi connectivity index (χ0) is 20.1. The van der Waals surface area contributed by atoms with Crippen LogP contribution in [-0.4, -0.2) is 33.9 Å². The van der Waals surface area contributed by atoms with E-state index in [1.165, 1.54) is 24.9 Å². The molecule has 3 aromatic rings. The monoisotopic (exact) mass is 386 g/mol. The van der Waals surface area contributed by atoms with E-state index in [0.29, 0.717) is 11.4 Å². The first-order valence-electron chi connectivity index (χ1n) is 10.2. The van der Waals surface area contributed by atoms with Gasteiger partial charge in [0.15, 0.2) is 5.82 Å². The molecule has 2 heterocycles. The number of anilines is 1. The maximum atomic E-state index is 12.5. The van der Waals surface area contributed by atoms with Gasteiger partial charge in [0.05, 0.1) is 5.56 Å². The summed E-state index contributed by atoms with van der Waals surface area (Å²) in [5.41, 5.74) is 3.42. The third-order valence-electron chi connectivity index (χ3n) is 5.31. The molecule has 5 heteroatoms. The van der Waals surface area contributed by atoms with Gasteiger partial charge < -0.3 is 5.32 Å². The Kier molecular flexibility index (Phi) is 5.96. The molecule has 5 nitrogen and oxygen atoms in total. The molecule has 1 aliphatic rings. The van der Waals surface area contributed by atoms with E-state index >= 15 is 0 Å². The highest BCUT2D eigenvalue weighted by Gasteiger charge is 2.16. The van der Waals surface area contributed by atoms with Crippen molar-refractivity contribution in [3.8, 4) is 11.4 Å². The Bertz CT molecular complexity index is 939. The number of carbonyl (C=O) groups excluding carboxylic acids is 1. The van der Waals surface area contributed by atoms with Gasteiger partial charge in [-0.3, -0.25) is 9.69 Å². The summed E-state index contributed by atoms with van der Waals surface area (Å²) < 4.78 is 0. The van der Waals surface area contributed by atoms with Gasteiger partial charge in [-0.25, -0.2) is 9.97 Å². The molecule has 0 spiro atoms. The number of aromatic nitrogens is 2. The molecular formula is C24H26N4O. The first kappa shape index (κ1) is 19.3. The Morgan fingerprint density at radius 1 is 1.07 bits per heavy atom. The third-order valence-corrected chi connectivity index (χ3v) is 5.31. The average Bonchev–Trinajstić information content (AvgIpc) is 2.76. The Morgan fingerprint density at radius 3 is 2.48 bits per heavy atom. The minimum atomic E-state index is -0.206. The molecule has 1 aliphatic heterocycles. The number of benzene rings is 2. The molecule has 1 fully saturated rings. The van der Waals surface area contributed by atoms with Crippen molar-refractivity contribution in [3.05, 3.63) is 78.1 Å². The fraction of sp³-hybridized carbons (Fsp3) is 0.292. The fourth-order valence-electron chi connectivity index (χ4n) is 3.77. The lowest BCUT2D eigenvalue weighted by molar-refractivity contribution is 0.102. The van der Waals surface area contributed by atoms with E-state index < -0.39 is 0 Å². The number of hydrogen-bond donors (Lipinski definition) is 1. The highest BCUT2D eigenvalue weighted by atomic mass is 16.1. The van der Waals surface area contributed by atoms with Crippen LogP contribution >= 0.6 is 0 Å². The van der Waals surface area contributed by atoms with Crippen LogP contribution in [0.3, 0.4) is 0 Å². The highest BCUT2D eigenvalue weighted by Crippen LogP contribution is 2.19. The Balaban J connectivity index is 1.35. The summed E-state index contributed by atoms with van der Waals surface area (Å²) in [5.74, 6) is 1.18. The van der Waals surface area contributed by atoms with E-state index in [1.807, 2.05) is 42.5 Å². The second kappa shape index (κ2) is 8.97. The van der Waals surface area contributed by atoms with E-state index in [4.69, 9.17) is 0 Å². The third kappa shape index (κ3) is 5.06. The van der Waals surface area contributed by atoms with Gasteiger partial charge in [0.1, 0.15) is 0 Å². The Labute approximate surface area is 171 Å². The number of carbonyl (C=O) groups is 1. The largest absolute Gasteiger partial charge is 0.322 e. The van der Waals surface area contributed by atoms with Gasteiger partial charge in [-0.05, 0) is 43.0 Å². The molecular weight excluding hydrogens is 360 g/mol. The van der Waals surface area contributed by atoms with Crippen molar-refractivity contribution in [2.75, 3.05) is 18.4 Å². The van der Waals surface area contributed by atoms with Gasteiger partial charge in [-0.1, -0.05) is 49.4 Å². The summed E-state index contributed by atoms with van der Waals surface area (Å²) in [6, 6.07) is 17.8. The molecule has 1 unspecified atom stereocenters. The second-order valence-corrected chi connectivity index (χ2v) is 7.79. The van der Waals surface area contributed by atoms with Crippen molar-refractivity contribution in [1.82, 2.24) is 14.9 Å². The zero-order valence-electron chi connectivity index (χ0n) is 16.7. The van der Waals surface area contributed by atoms with Crippen LogP contribution in [0.25, 0.3) is 11.4 Å². The molecule has 148 valence electrons. The van der Waals surface area contributed by atoms with Gasteiger partial charge >= 0.3 is 0 Å². The summed E-state index contributed by atoms with van der Waals surface area (Å²) in [4.78, 5) is 23.6. The van der Waals surface area contributed by atoms with Crippen molar-refractivity contribution < 1.29 is 4.79 Å². The minimum Gasteiger partial charge on any atom is -0.322 e.